The van der Waals surface area contributed by atoms with Gasteiger partial charge in [0.15, 0.2) is 0 Å². The van der Waals surface area contributed by atoms with Gasteiger partial charge >= 0.3 is 0 Å². The molecule has 1 amide bonds. The molecule has 0 heterocycles. The van der Waals surface area contributed by atoms with E-state index in [1.807, 2.05) is 6.08 Å². The zero-order valence-electron chi connectivity index (χ0n) is 18.2. The van der Waals surface area contributed by atoms with Crippen LogP contribution in [-0.2, 0) is 4.79 Å². The third kappa shape index (κ3) is 17.2. The molecule has 3 unspecified atom stereocenters. The van der Waals surface area contributed by atoms with Crippen molar-refractivity contribution in [3.63, 3.8) is 0 Å². The second kappa shape index (κ2) is 19.4. The number of carbonyl (C=O) groups is 1. The molecule has 0 saturated heterocycles. The van der Waals surface area contributed by atoms with E-state index < -0.39 is 18.2 Å². The summed E-state index contributed by atoms with van der Waals surface area (Å²) < 4.78 is 0. The molecule has 5 heteroatoms. The van der Waals surface area contributed by atoms with Gasteiger partial charge < -0.3 is 21.7 Å². The molecule has 0 bridgehead atoms. The van der Waals surface area contributed by atoms with Gasteiger partial charge in [-0.1, -0.05) is 89.7 Å². The average molecular weight is 399 g/mol. The van der Waals surface area contributed by atoms with Crippen LogP contribution in [0.3, 0.4) is 0 Å². The Morgan fingerprint density at radius 2 is 1.39 bits per heavy atom. The number of hydrogen-bond acceptors (Lipinski definition) is 4. The smallest absolute Gasteiger partial charge is 0.217 e. The third-order valence-corrected chi connectivity index (χ3v) is 5.32. The molecule has 0 saturated carbocycles. The Bertz CT molecular complexity index is 388. The van der Waals surface area contributed by atoms with Crippen LogP contribution in [0.2, 0.25) is 0 Å². The predicted molar refractivity (Wildman–Crippen MR) is 118 cm³/mol. The van der Waals surface area contributed by atoms with Crippen molar-refractivity contribution >= 4 is 5.91 Å². The number of nitrogens with two attached hydrogens (primary N) is 2. The molecule has 0 radical (unpaired) electrons. The molecule has 0 aliphatic heterocycles. The van der Waals surface area contributed by atoms with Crippen LogP contribution in [0.15, 0.2) is 12.2 Å². The highest BCUT2D eigenvalue weighted by molar-refractivity contribution is 5.73. The fourth-order valence-corrected chi connectivity index (χ4v) is 3.36. The first-order valence-corrected chi connectivity index (χ1v) is 11.6. The molecule has 5 nitrogen and oxygen atoms in total. The van der Waals surface area contributed by atoms with Gasteiger partial charge in [0, 0.05) is 6.42 Å². The lowest BCUT2D eigenvalue weighted by atomic mass is 9.99. The predicted octanol–water partition coefficient (Wildman–Crippen LogP) is 4.34. The monoisotopic (exact) mass is 398 g/mol. The van der Waals surface area contributed by atoms with E-state index >= 15 is 0 Å². The Morgan fingerprint density at radius 1 is 0.857 bits per heavy atom. The van der Waals surface area contributed by atoms with Crippen molar-refractivity contribution in [2.75, 3.05) is 0 Å². The van der Waals surface area contributed by atoms with Crippen LogP contribution >= 0.6 is 0 Å². The average Bonchev–Trinajstić information content (AvgIpc) is 2.67. The largest absolute Gasteiger partial charge is 0.391 e. The van der Waals surface area contributed by atoms with Crippen molar-refractivity contribution in [1.82, 2.24) is 0 Å². The van der Waals surface area contributed by atoms with Crippen LogP contribution in [0.5, 0.6) is 0 Å². The summed E-state index contributed by atoms with van der Waals surface area (Å²) in [5.74, 6) is -0.329. The lowest BCUT2D eigenvalue weighted by Crippen LogP contribution is -2.43. The van der Waals surface area contributed by atoms with Gasteiger partial charge in [-0.25, -0.2) is 0 Å². The van der Waals surface area contributed by atoms with E-state index in [4.69, 9.17) is 11.5 Å². The first kappa shape index (κ1) is 27.1. The number of primary amides is 1. The summed E-state index contributed by atoms with van der Waals surface area (Å²) in [5.41, 5.74) is 11.0. The Kier molecular flexibility index (Phi) is 18.8. The van der Waals surface area contributed by atoms with Crippen molar-refractivity contribution < 1.29 is 15.0 Å². The van der Waals surface area contributed by atoms with E-state index in [1.54, 1.807) is 6.08 Å². The van der Waals surface area contributed by atoms with Gasteiger partial charge in [-0.15, -0.1) is 0 Å². The van der Waals surface area contributed by atoms with Crippen molar-refractivity contribution in [3.8, 4) is 0 Å². The Morgan fingerprint density at radius 3 is 1.93 bits per heavy atom. The fraction of sp³-hybridized carbons (Fsp3) is 0.870. The maximum absolute atomic E-state index is 10.7. The summed E-state index contributed by atoms with van der Waals surface area (Å²) in [5, 5.41) is 20.1. The molecule has 0 rings (SSSR count). The van der Waals surface area contributed by atoms with Crippen molar-refractivity contribution in [1.29, 1.82) is 0 Å². The first-order valence-electron chi connectivity index (χ1n) is 11.6. The molecule has 6 N–H and O–H groups in total. The van der Waals surface area contributed by atoms with Gasteiger partial charge in [-0.2, -0.15) is 0 Å². The molecule has 0 spiro atoms. The van der Waals surface area contributed by atoms with Crippen LogP contribution in [0, 0.1) is 0 Å². The molecule has 166 valence electrons. The summed E-state index contributed by atoms with van der Waals surface area (Å²) in [6.45, 7) is 2.25. The number of allylic oxidation sites excluding steroid dienone is 1. The number of rotatable bonds is 20. The number of amides is 1. The highest BCUT2D eigenvalue weighted by atomic mass is 16.3. The highest BCUT2D eigenvalue weighted by Gasteiger charge is 2.20. The van der Waals surface area contributed by atoms with Crippen LogP contribution in [0.1, 0.15) is 110 Å². The lowest BCUT2D eigenvalue weighted by Gasteiger charge is -2.21. The highest BCUT2D eigenvalue weighted by Crippen LogP contribution is 2.13. The normalized spacial score (nSPS) is 15.0. The van der Waals surface area contributed by atoms with E-state index in [1.165, 1.54) is 64.2 Å². The second-order valence-corrected chi connectivity index (χ2v) is 8.10. The summed E-state index contributed by atoms with van der Waals surface area (Å²) in [7, 11) is 0. The second-order valence-electron chi connectivity index (χ2n) is 8.10. The van der Waals surface area contributed by atoms with Crippen molar-refractivity contribution in [2.24, 2.45) is 11.5 Å². The quantitative estimate of drug-likeness (QED) is 0.181. The minimum Gasteiger partial charge on any atom is -0.391 e. The molecule has 0 aromatic carbocycles. The van der Waals surface area contributed by atoms with Crippen LogP contribution < -0.4 is 11.5 Å². The molecule has 0 aliphatic rings. The summed E-state index contributed by atoms with van der Waals surface area (Å²) in [6.07, 6.45) is 19.7. The standard InChI is InChI=1S/C23H46N2O3/c1-2-3-4-5-6-7-8-9-10-11-12-13-14-17-20(26)23(25)21(27)18-15-16-19-22(24)28/h14,17,20-21,23,26-27H,2-13,15-16,18-19,25H2,1H3,(H2,24,28). The Balaban J connectivity index is 3.58. The summed E-state index contributed by atoms with van der Waals surface area (Å²) in [4.78, 5) is 10.7. The first-order chi connectivity index (χ1) is 13.5. The van der Waals surface area contributed by atoms with Gasteiger partial charge in [0.05, 0.1) is 18.2 Å². The molecular formula is C23H46N2O3. The molecule has 0 aromatic heterocycles. The van der Waals surface area contributed by atoms with Crippen LogP contribution in [-0.4, -0.2) is 34.4 Å². The summed E-state index contributed by atoms with van der Waals surface area (Å²) >= 11 is 0. The third-order valence-electron chi connectivity index (χ3n) is 5.32. The van der Waals surface area contributed by atoms with E-state index in [2.05, 4.69) is 6.92 Å². The van der Waals surface area contributed by atoms with E-state index in [0.717, 1.165) is 12.8 Å². The van der Waals surface area contributed by atoms with Crippen molar-refractivity contribution in [2.45, 2.75) is 128 Å². The SMILES string of the molecule is CCCCCCCCCCCCCC=CC(O)C(N)C(O)CCCCC(N)=O. The van der Waals surface area contributed by atoms with E-state index in [0.29, 0.717) is 25.7 Å². The molecule has 0 aliphatic carbocycles. The lowest BCUT2D eigenvalue weighted by molar-refractivity contribution is -0.118. The summed E-state index contributed by atoms with van der Waals surface area (Å²) in [6, 6.07) is -0.692. The van der Waals surface area contributed by atoms with Gasteiger partial charge in [0.25, 0.3) is 0 Å². The zero-order chi connectivity index (χ0) is 21.0. The maximum atomic E-state index is 10.7. The zero-order valence-corrected chi connectivity index (χ0v) is 18.2. The van der Waals surface area contributed by atoms with E-state index in [-0.39, 0.29) is 5.91 Å². The molecular weight excluding hydrogens is 352 g/mol. The van der Waals surface area contributed by atoms with Crippen LogP contribution in [0.4, 0.5) is 0 Å². The number of hydrogen-bond donors (Lipinski definition) is 4. The van der Waals surface area contributed by atoms with Gasteiger partial charge in [0.2, 0.25) is 5.91 Å². The molecule has 0 aromatic rings. The molecule has 28 heavy (non-hydrogen) atoms. The fourth-order valence-electron chi connectivity index (χ4n) is 3.36. The van der Waals surface area contributed by atoms with Gasteiger partial charge in [0.1, 0.15) is 0 Å². The Hall–Kier alpha value is -0.910. The van der Waals surface area contributed by atoms with Crippen molar-refractivity contribution in [3.05, 3.63) is 12.2 Å². The number of carbonyl (C=O) groups excluding carboxylic acids is 1. The number of aliphatic hydroxyl groups excluding tert-OH is 2. The van der Waals surface area contributed by atoms with Gasteiger partial charge in [-0.3, -0.25) is 4.79 Å². The number of unbranched alkanes of at least 4 members (excludes halogenated alkanes) is 12. The van der Waals surface area contributed by atoms with Crippen LogP contribution in [0.25, 0.3) is 0 Å². The molecule has 0 fully saturated rings. The topological polar surface area (TPSA) is 110 Å². The Labute approximate surface area is 173 Å². The minimum atomic E-state index is -0.834. The van der Waals surface area contributed by atoms with Gasteiger partial charge in [-0.05, 0) is 25.7 Å². The van der Waals surface area contributed by atoms with E-state index in [9.17, 15) is 15.0 Å². The molecule has 3 atom stereocenters. The number of aliphatic hydroxyl groups is 2. The minimum absolute atomic E-state index is 0.323. The maximum Gasteiger partial charge on any atom is 0.217 e.